The molecule has 0 bridgehead atoms. The first-order chi connectivity index (χ1) is 12.4. The van der Waals surface area contributed by atoms with E-state index >= 15 is 0 Å². The molecule has 0 spiro atoms. The highest BCUT2D eigenvalue weighted by molar-refractivity contribution is 8.00. The van der Waals surface area contributed by atoms with E-state index in [0.717, 1.165) is 28.1 Å². The molecule has 2 aromatic rings. The van der Waals surface area contributed by atoms with E-state index in [1.54, 1.807) is 29.6 Å². The van der Waals surface area contributed by atoms with Crippen LogP contribution in [0, 0.1) is 0 Å². The molecule has 140 valence electrons. The molecule has 1 amide bonds. The summed E-state index contributed by atoms with van der Waals surface area (Å²) in [5.41, 5.74) is 1.35. The zero-order chi connectivity index (χ0) is 18.5. The van der Waals surface area contributed by atoms with Crippen molar-refractivity contribution >= 4 is 49.1 Å². The van der Waals surface area contributed by atoms with Crippen molar-refractivity contribution in [1.82, 2.24) is 14.9 Å². The maximum absolute atomic E-state index is 12.8. The predicted octanol–water partition coefficient (Wildman–Crippen LogP) is 2.31. The Morgan fingerprint density at radius 1 is 1.38 bits per heavy atom. The van der Waals surface area contributed by atoms with E-state index in [-0.39, 0.29) is 28.7 Å². The van der Waals surface area contributed by atoms with Crippen LogP contribution in [0.25, 0.3) is 10.2 Å². The van der Waals surface area contributed by atoms with Crippen molar-refractivity contribution in [2.24, 2.45) is 0 Å². The molecule has 1 saturated heterocycles. The maximum Gasteiger partial charge on any atom is 0.235 e. The lowest BCUT2D eigenvalue weighted by Gasteiger charge is -2.26. The number of fused-ring (bicyclic) bond motifs is 3. The number of carbonyl (C=O) groups excluding carboxylic acids is 1. The number of aromatic nitrogens is 2. The lowest BCUT2D eigenvalue weighted by atomic mass is 10.2. The summed E-state index contributed by atoms with van der Waals surface area (Å²) < 4.78 is 23.4. The van der Waals surface area contributed by atoms with E-state index in [1.807, 2.05) is 6.92 Å². The molecule has 3 heterocycles. The van der Waals surface area contributed by atoms with E-state index in [9.17, 15) is 13.2 Å². The van der Waals surface area contributed by atoms with Crippen molar-refractivity contribution in [2.75, 3.05) is 18.6 Å². The number of carbonyl (C=O) groups is 1. The third kappa shape index (κ3) is 3.25. The number of sulfone groups is 1. The van der Waals surface area contributed by atoms with Gasteiger partial charge in [-0.25, -0.2) is 18.4 Å². The zero-order valence-electron chi connectivity index (χ0n) is 14.8. The van der Waals surface area contributed by atoms with Gasteiger partial charge in [0, 0.05) is 23.4 Å². The minimum atomic E-state index is -3.01. The van der Waals surface area contributed by atoms with Crippen LogP contribution < -0.4 is 0 Å². The van der Waals surface area contributed by atoms with Gasteiger partial charge in [0.25, 0.3) is 0 Å². The molecule has 6 nitrogen and oxygen atoms in total. The lowest BCUT2D eigenvalue weighted by Crippen LogP contribution is -2.41. The summed E-state index contributed by atoms with van der Waals surface area (Å²) in [6, 6.07) is -0.216. The zero-order valence-corrected chi connectivity index (χ0v) is 17.2. The van der Waals surface area contributed by atoms with Crippen molar-refractivity contribution in [3.63, 3.8) is 0 Å². The van der Waals surface area contributed by atoms with Crippen molar-refractivity contribution in [3.8, 4) is 0 Å². The van der Waals surface area contributed by atoms with Gasteiger partial charge in [-0.3, -0.25) is 4.79 Å². The van der Waals surface area contributed by atoms with Gasteiger partial charge in [-0.15, -0.1) is 11.3 Å². The minimum absolute atomic E-state index is 0.0456. The standard InChI is InChI=1S/C17H21N3O3S3/c1-10(17(21)20(2)11-6-7-26(22,23)8-11)24-15-14-12-4-3-5-13(12)25-16(14)19-9-18-15/h9-11H,3-8H2,1-2H3/t10-,11-/m0/s1. The smallest absolute Gasteiger partial charge is 0.235 e. The number of nitrogens with zero attached hydrogens (tertiary/aromatic N) is 3. The third-order valence-corrected chi connectivity index (χ3v) is 9.24. The van der Waals surface area contributed by atoms with Gasteiger partial charge < -0.3 is 4.90 Å². The number of hydrogen-bond acceptors (Lipinski definition) is 7. The lowest BCUT2D eigenvalue weighted by molar-refractivity contribution is -0.130. The Bertz CT molecular complexity index is 970. The van der Waals surface area contributed by atoms with E-state index in [0.29, 0.717) is 6.42 Å². The van der Waals surface area contributed by atoms with Gasteiger partial charge in [-0.05, 0) is 38.2 Å². The molecule has 0 radical (unpaired) electrons. The molecule has 1 aliphatic carbocycles. The Hall–Kier alpha value is -1.19. The molecule has 0 saturated carbocycles. The molecule has 0 aromatic carbocycles. The van der Waals surface area contributed by atoms with Crippen LogP contribution in [0.2, 0.25) is 0 Å². The second kappa shape index (κ2) is 6.76. The fraction of sp³-hybridized carbons (Fsp3) is 0.588. The average molecular weight is 412 g/mol. The number of hydrogen-bond donors (Lipinski definition) is 0. The highest BCUT2D eigenvalue weighted by atomic mass is 32.2. The molecule has 9 heteroatoms. The number of aryl methyl sites for hydroxylation is 2. The quantitative estimate of drug-likeness (QED) is 0.567. The molecule has 2 aliphatic rings. The fourth-order valence-electron chi connectivity index (χ4n) is 3.75. The van der Waals surface area contributed by atoms with Gasteiger partial charge >= 0.3 is 0 Å². The molecular weight excluding hydrogens is 390 g/mol. The number of amides is 1. The summed E-state index contributed by atoms with van der Waals surface area (Å²) in [4.78, 5) is 25.7. The Kier molecular flexibility index (Phi) is 4.73. The van der Waals surface area contributed by atoms with Crippen LogP contribution in [0.4, 0.5) is 0 Å². The number of thioether (sulfide) groups is 1. The summed E-state index contributed by atoms with van der Waals surface area (Å²) in [6.45, 7) is 1.87. The van der Waals surface area contributed by atoms with Crippen LogP contribution in [0.15, 0.2) is 11.4 Å². The highest BCUT2D eigenvalue weighted by Gasteiger charge is 2.34. The monoisotopic (exact) mass is 411 g/mol. The topological polar surface area (TPSA) is 80.2 Å². The van der Waals surface area contributed by atoms with Gasteiger partial charge in [0.1, 0.15) is 16.2 Å². The number of rotatable bonds is 4. The van der Waals surface area contributed by atoms with Gasteiger partial charge in [-0.1, -0.05) is 11.8 Å². The van der Waals surface area contributed by atoms with Gasteiger partial charge in [-0.2, -0.15) is 0 Å². The van der Waals surface area contributed by atoms with E-state index in [4.69, 9.17) is 0 Å². The van der Waals surface area contributed by atoms with Crippen LogP contribution in [-0.2, 0) is 27.5 Å². The second-order valence-corrected chi connectivity index (χ2v) is 11.6. The summed E-state index contributed by atoms with van der Waals surface area (Å²) in [5, 5.41) is 1.65. The fourth-order valence-corrected chi connectivity index (χ4v) is 7.87. The van der Waals surface area contributed by atoms with Crippen molar-refractivity contribution in [1.29, 1.82) is 0 Å². The Morgan fingerprint density at radius 3 is 2.92 bits per heavy atom. The second-order valence-electron chi connectivity index (χ2n) is 6.98. The molecule has 2 atom stereocenters. The molecule has 0 N–H and O–H groups in total. The first-order valence-corrected chi connectivity index (χ1v) is 12.3. The molecule has 1 aliphatic heterocycles. The van der Waals surface area contributed by atoms with E-state index in [1.165, 1.54) is 28.6 Å². The molecule has 2 aromatic heterocycles. The van der Waals surface area contributed by atoms with Gasteiger partial charge in [0.2, 0.25) is 5.91 Å². The average Bonchev–Trinajstić information content (AvgIpc) is 3.27. The van der Waals surface area contributed by atoms with Crippen LogP contribution in [-0.4, -0.2) is 59.0 Å². The Morgan fingerprint density at radius 2 is 2.19 bits per heavy atom. The SMILES string of the molecule is C[C@H](Sc1ncnc2sc3c(c12)CCC3)C(=O)N(C)[C@H]1CCS(=O)(=O)C1. The molecule has 0 unspecified atom stereocenters. The van der Waals surface area contributed by atoms with Gasteiger partial charge in [0.05, 0.1) is 16.8 Å². The van der Waals surface area contributed by atoms with Crippen LogP contribution in [0.3, 0.4) is 0 Å². The molecular formula is C17H21N3O3S3. The van der Waals surface area contributed by atoms with E-state index < -0.39 is 9.84 Å². The minimum Gasteiger partial charge on any atom is -0.341 e. The molecule has 1 fully saturated rings. The first-order valence-electron chi connectivity index (χ1n) is 8.75. The summed E-state index contributed by atoms with van der Waals surface area (Å²) in [5.74, 6) is 0.197. The van der Waals surface area contributed by atoms with Crippen LogP contribution in [0.1, 0.15) is 30.2 Å². The summed E-state index contributed by atoms with van der Waals surface area (Å²) in [6.07, 6.45) is 5.42. The first kappa shape index (κ1) is 18.2. The molecule has 4 rings (SSSR count). The van der Waals surface area contributed by atoms with Crippen molar-refractivity contribution < 1.29 is 13.2 Å². The Labute approximate surface area is 161 Å². The summed E-state index contributed by atoms with van der Waals surface area (Å²) >= 11 is 3.19. The highest BCUT2D eigenvalue weighted by Crippen LogP contribution is 2.41. The van der Waals surface area contributed by atoms with Gasteiger partial charge in [0.15, 0.2) is 9.84 Å². The third-order valence-electron chi connectivity index (χ3n) is 5.21. The van der Waals surface area contributed by atoms with Crippen LogP contribution >= 0.6 is 23.1 Å². The predicted molar refractivity (Wildman–Crippen MR) is 105 cm³/mol. The number of thiophene rings is 1. The van der Waals surface area contributed by atoms with Crippen molar-refractivity contribution in [3.05, 3.63) is 16.8 Å². The summed E-state index contributed by atoms with van der Waals surface area (Å²) in [7, 11) is -1.30. The maximum atomic E-state index is 12.8. The molecule has 26 heavy (non-hydrogen) atoms. The normalized spacial score (nSPS) is 22.5. The van der Waals surface area contributed by atoms with Crippen molar-refractivity contribution in [2.45, 2.75) is 48.9 Å². The Balaban J connectivity index is 1.54. The largest absolute Gasteiger partial charge is 0.341 e. The van der Waals surface area contributed by atoms with Crippen LogP contribution in [0.5, 0.6) is 0 Å². The van der Waals surface area contributed by atoms with E-state index in [2.05, 4.69) is 9.97 Å².